The van der Waals surface area contributed by atoms with E-state index in [4.69, 9.17) is 5.11 Å². The van der Waals surface area contributed by atoms with Crippen molar-refractivity contribution in [1.82, 2.24) is 10.2 Å². The van der Waals surface area contributed by atoms with Gasteiger partial charge in [-0.3, -0.25) is 4.79 Å². The van der Waals surface area contributed by atoms with Gasteiger partial charge in [0.2, 0.25) is 0 Å². The molecule has 4 nitrogen and oxygen atoms in total. The summed E-state index contributed by atoms with van der Waals surface area (Å²) in [6.45, 7) is 8.13. The number of aliphatic carboxylic acids is 1. The van der Waals surface area contributed by atoms with Gasteiger partial charge in [-0.15, -0.1) is 0 Å². The van der Waals surface area contributed by atoms with Crippen molar-refractivity contribution in [3.63, 3.8) is 0 Å². The maximum absolute atomic E-state index is 10.6. The quantitative estimate of drug-likeness (QED) is 0.686. The normalized spacial score (nSPS) is 21.5. The van der Waals surface area contributed by atoms with E-state index in [-0.39, 0.29) is 0 Å². The van der Waals surface area contributed by atoms with E-state index < -0.39 is 12.0 Å². The largest absolute Gasteiger partial charge is 0.480 e. The van der Waals surface area contributed by atoms with Crippen molar-refractivity contribution in [2.45, 2.75) is 32.7 Å². The standard InChI is InChI=1S/C11H22N2O2/c1-9(7-12-10(2)11(14)15)8-13-5-3-4-6-13/h9-10,12H,3-8H2,1-2H3,(H,14,15). The topological polar surface area (TPSA) is 52.6 Å². The molecule has 1 saturated heterocycles. The molecule has 1 heterocycles. The van der Waals surface area contributed by atoms with Crippen LogP contribution in [-0.2, 0) is 4.79 Å². The van der Waals surface area contributed by atoms with Crippen LogP contribution in [-0.4, -0.2) is 48.2 Å². The number of nitrogens with zero attached hydrogens (tertiary/aromatic N) is 1. The van der Waals surface area contributed by atoms with Gasteiger partial charge in [-0.1, -0.05) is 6.92 Å². The van der Waals surface area contributed by atoms with Gasteiger partial charge in [0.25, 0.3) is 0 Å². The van der Waals surface area contributed by atoms with E-state index in [1.165, 1.54) is 25.9 Å². The number of carboxylic acids is 1. The molecule has 0 amide bonds. The van der Waals surface area contributed by atoms with Gasteiger partial charge in [0.15, 0.2) is 0 Å². The number of carbonyl (C=O) groups is 1. The maximum Gasteiger partial charge on any atom is 0.320 e. The Morgan fingerprint density at radius 1 is 1.40 bits per heavy atom. The predicted octanol–water partition coefficient (Wildman–Crippen LogP) is 0.781. The van der Waals surface area contributed by atoms with E-state index in [2.05, 4.69) is 17.1 Å². The van der Waals surface area contributed by atoms with Crippen LogP contribution in [0.5, 0.6) is 0 Å². The third-order valence-electron chi connectivity index (χ3n) is 2.91. The molecule has 15 heavy (non-hydrogen) atoms. The van der Waals surface area contributed by atoms with Crippen molar-refractivity contribution in [1.29, 1.82) is 0 Å². The molecule has 2 unspecified atom stereocenters. The third kappa shape index (κ3) is 4.62. The van der Waals surface area contributed by atoms with E-state index in [1.54, 1.807) is 6.92 Å². The lowest BCUT2D eigenvalue weighted by Crippen LogP contribution is -2.39. The van der Waals surface area contributed by atoms with Crippen molar-refractivity contribution in [3.05, 3.63) is 0 Å². The number of carboxylic acid groups (broad SMARTS) is 1. The van der Waals surface area contributed by atoms with Crippen molar-refractivity contribution >= 4 is 5.97 Å². The highest BCUT2D eigenvalue weighted by Gasteiger charge is 2.16. The van der Waals surface area contributed by atoms with Crippen LogP contribution in [0.1, 0.15) is 26.7 Å². The average Bonchev–Trinajstić information content (AvgIpc) is 2.66. The summed E-state index contributed by atoms with van der Waals surface area (Å²) in [6.07, 6.45) is 2.62. The molecule has 0 aromatic carbocycles. The Morgan fingerprint density at radius 2 is 2.00 bits per heavy atom. The van der Waals surface area contributed by atoms with Gasteiger partial charge >= 0.3 is 5.97 Å². The molecule has 2 N–H and O–H groups in total. The molecule has 0 aromatic heterocycles. The van der Waals surface area contributed by atoms with E-state index in [0.29, 0.717) is 5.92 Å². The minimum Gasteiger partial charge on any atom is -0.480 e. The van der Waals surface area contributed by atoms with Crippen molar-refractivity contribution in [3.8, 4) is 0 Å². The highest BCUT2D eigenvalue weighted by Crippen LogP contribution is 2.09. The van der Waals surface area contributed by atoms with Crippen LogP contribution in [0.4, 0.5) is 0 Å². The molecule has 4 heteroatoms. The summed E-state index contributed by atoms with van der Waals surface area (Å²) in [6, 6.07) is -0.439. The van der Waals surface area contributed by atoms with Crippen LogP contribution >= 0.6 is 0 Å². The molecule has 1 rings (SSSR count). The van der Waals surface area contributed by atoms with Gasteiger partial charge in [0, 0.05) is 6.54 Å². The Morgan fingerprint density at radius 3 is 2.53 bits per heavy atom. The molecule has 2 atom stereocenters. The second-order valence-electron chi connectivity index (χ2n) is 4.58. The first kappa shape index (κ1) is 12.5. The number of nitrogens with one attached hydrogen (secondary N) is 1. The lowest BCUT2D eigenvalue weighted by Gasteiger charge is -2.21. The van der Waals surface area contributed by atoms with E-state index >= 15 is 0 Å². The van der Waals surface area contributed by atoms with E-state index in [9.17, 15) is 4.79 Å². The van der Waals surface area contributed by atoms with E-state index in [0.717, 1.165) is 13.1 Å². The fraction of sp³-hybridized carbons (Fsp3) is 0.909. The van der Waals surface area contributed by atoms with Crippen LogP contribution in [0.25, 0.3) is 0 Å². The van der Waals surface area contributed by atoms with Crippen LogP contribution in [0.15, 0.2) is 0 Å². The predicted molar refractivity (Wildman–Crippen MR) is 59.9 cm³/mol. The zero-order chi connectivity index (χ0) is 11.3. The molecule has 0 bridgehead atoms. The lowest BCUT2D eigenvalue weighted by molar-refractivity contribution is -0.139. The minimum atomic E-state index is -0.775. The molecule has 1 fully saturated rings. The van der Waals surface area contributed by atoms with Gasteiger partial charge in [0.1, 0.15) is 6.04 Å². The average molecular weight is 214 g/mol. The number of rotatable bonds is 6. The molecule has 0 aliphatic carbocycles. The first-order valence-electron chi connectivity index (χ1n) is 5.78. The Bertz CT molecular complexity index is 203. The summed E-state index contributed by atoms with van der Waals surface area (Å²) in [4.78, 5) is 13.0. The Hall–Kier alpha value is -0.610. The van der Waals surface area contributed by atoms with Crippen LogP contribution < -0.4 is 5.32 Å². The summed E-state index contributed by atoms with van der Waals surface area (Å²) in [5.41, 5.74) is 0. The Labute approximate surface area is 91.6 Å². The van der Waals surface area contributed by atoms with Gasteiger partial charge in [0.05, 0.1) is 0 Å². The summed E-state index contributed by atoms with van der Waals surface area (Å²) in [5.74, 6) is -0.256. The minimum absolute atomic E-state index is 0.439. The first-order valence-corrected chi connectivity index (χ1v) is 5.78. The van der Waals surface area contributed by atoms with Crippen molar-refractivity contribution < 1.29 is 9.90 Å². The number of hydrogen-bond acceptors (Lipinski definition) is 3. The van der Waals surface area contributed by atoms with Gasteiger partial charge in [-0.25, -0.2) is 0 Å². The number of likely N-dealkylation sites (tertiary alicyclic amines) is 1. The van der Waals surface area contributed by atoms with E-state index in [1.807, 2.05) is 0 Å². The number of hydrogen-bond donors (Lipinski definition) is 2. The second-order valence-corrected chi connectivity index (χ2v) is 4.58. The SMILES string of the molecule is CC(CNC(C)C(=O)O)CN1CCCC1. The molecule has 0 radical (unpaired) electrons. The van der Waals surface area contributed by atoms with Crippen molar-refractivity contribution in [2.75, 3.05) is 26.2 Å². The molecule has 0 aromatic rings. The molecule has 0 saturated carbocycles. The lowest BCUT2D eigenvalue weighted by atomic mass is 10.1. The molecule has 88 valence electrons. The summed E-state index contributed by atoms with van der Waals surface area (Å²) in [5, 5.41) is 11.7. The maximum atomic E-state index is 10.6. The van der Waals surface area contributed by atoms with Crippen LogP contribution in [0.2, 0.25) is 0 Å². The summed E-state index contributed by atoms with van der Waals surface area (Å²) in [7, 11) is 0. The fourth-order valence-corrected chi connectivity index (χ4v) is 1.94. The van der Waals surface area contributed by atoms with Gasteiger partial charge in [-0.2, -0.15) is 0 Å². The third-order valence-corrected chi connectivity index (χ3v) is 2.91. The molecular formula is C11H22N2O2. The van der Waals surface area contributed by atoms with Crippen LogP contribution in [0, 0.1) is 5.92 Å². The Balaban J connectivity index is 2.12. The van der Waals surface area contributed by atoms with Gasteiger partial charge < -0.3 is 15.3 Å². The smallest absolute Gasteiger partial charge is 0.320 e. The zero-order valence-corrected chi connectivity index (χ0v) is 9.70. The highest BCUT2D eigenvalue weighted by atomic mass is 16.4. The molecule has 0 spiro atoms. The van der Waals surface area contributed by atoms with Crippen molar-refractivity contribution in [2.24, 2.45) is 5.92 Å². The second kappa shape index (κ2) is 6.08. The summed E-state index contributed by atoms with van der Waals surface area (Å²) < 4.78 is 0. The molecular weight excluding hydrogens is 192 g/mol. The van der Waals surface area contributed by atoms with Crippen LogP contribution in [0.3, 0.4) is 0 Å². The fourth-order valence-electron chi connectivity index (χ4n) is 1.94. The summed E-state index contributed by atoms with van der Waals surface area (Å²) >= 11 is 0. The molecule has 1 aliphatic heterocycles. The monoisotopic (exact) mass is 214 g/mol. The molecule has 1 aliphatic rings. The van der Waals surface area contributed by atoms with Gasteiger partial charge in [-0.05, 0) is 45.3 Å². The highest BCUT2D eigenvalue weighted by molar-refractivity contribution is 5.72. The Kier molecular flexibility index (Phi) is 5.05. The first-order chi connectivity index (χ1) is 7.09. The zero-order valence-electron chi connectivity index (χ0n) is 9.70.